The summed E-state index contributed by atoms with van der Waals surface area (Å²) in [4.78, 5) is 8.89. The Hall–Kier alpha value is -0.480. The van der Waals surface area contributed by atoms with E-state index >= 15 is 0 Å². The smallest absolute Gasteiger partial charge is 0.101 e. The van der Waals surface area contributed by atoms with Crippen molar-refractivity contribution in [3.8, 4) is 0 Å². The molecule has 1 saturated carbocycles. The molecule has 0 spiro atoms. The van der Waals surface area contributed by atoms with Gasteiger partial charge in [0.2, 0.25) is 0 Å². The van der Waals surface area contributed by atoms with E-state index in [1.165, 1.54) is 62.2 Å². The first-order valence-electron chi connectivity index (χ1n) is 10.1. The third-order valence-electron chi connectivity index (χ3n) is 5.70. The first-order valence-corrected chi connectivity index (χ1v) is 10.9. The Labute approximate surface area is 150 Å². The quantitative estimate of drug-likeness (QED) is 0.610. The van der Waals surface area contributed by atoms with Crippen LogP contribution in [0.2, 0.25) is 0 Å². The van der Waals surface area contributed by atoms with Crippen molar-refractivity contribution in [2.45, 2.75) is 90.3 Å². The van der Waals surface area contributed by atoms with Crippen LogP contribution in [0.3, 0.4) is 0 Å². The van der Waals surface area contributed by atoms with E-state index in [9.17, 15) is 4.39 Å². The van der Waals surface area contributed by atoms with Gasteiger partial charge in [0, 0.05) is 24.4 Å². The van der Waals surface area contributed by atoms with Gasteiger partial charge >= 0.3 is 0 Å². The molecule has 1 atom stereocenters. The van der Waals surface area contributed by atoms with Crippen LogP contribution in [0.4, 0.5) is 4.39 Å². The number of aryl methyl sites for hydroxylation is 1. The number of hydrogen-bond acceptors (Lipinski definition) is 3. The van der Waals surface area contributed by atoms with Gasteiger partial charge in [-0.05, 0) is 38.1 Å². The molecule has 4 heteroatoms. The molecule has 2 aliphatic rings. The standard InChI is InChI=1S/C20H33FN2S/c1-2-6-17(21)9-10-20-22-18-15-23(14-12-19(18)24-20)13-11-16-7-4-3-5-8-16/h16-17H,2-15H2,1H3. The summed E-state index contributed by atoms with van der Waals surface area (Å²) in [7, 11) is 0. The van der Waals surface area contributed by atoms with Crippen LogP contribution in [0.15, 0.2) is 0 Å². The lowest BCUT2D eigenvalue weighted by Crippen LogP contribution is -2.32. The average Bonchev–Trinajstić information content (AvgIpc) is 3.01. The van der Waals surface area contributed by atoms with Crippen LogP contribution in [0.5, 0.6) is 0 Å². The molecule has 1 fully saturated rings. The highest BCUT2D eigenvalue weighted by Gasteiger charge is 2.22. The van der Waals surface area contributed by atoms with E-state index in [0.717, 1.165) is 36.7 Å². The van der Waals surface area contributed by atoms with Crippen LogP contribution < -0.4 is 0 Å². The summed E-state index contributed by atoms with van der Waals surface area (Å²) in [6.45, 7) is 5.49. The highest BCUT2D eigenvalue weighted by Crippen LogP contribution is 2.29. The number of fused-ring (bicyclic) bond motifs is 1. The molecule has 1 aliphatic heterocycles. The molecule has 0 N–H and O–H groups in total. The zero-order chi connectivity index (χ0) is 16.8. The molecule has 3 rings (SSSR count). The van der Waals surface area contributed by atoms with E-state index in [-0.39, 0.29) is 0 Å². The lowest BCUT2D eigenvalue weighted by molar-refractivity contribution is 0.216. The summed E-state index contributed by atoms with van der Waals surface area (Å²) in [6, 6.07) is 0. The second kappa shape index (κ2) is 9.28. The molecule has 0 amide bonds. The fourth-order valence-corrected chi connectivity index (χ4v) is 5.26. The van der Waals surface area contributed by atoms with Gasteiger partial charge in [-0.1, -0.05) is 45.4 Å². The Morgan fingerprint density at radius 2 is 2.08 bits per heavy atom. The van der Waals surface area contributed by atoms with Crippen LogP contribution in [0, 0.1) is 5.92 Å². The number of rotatable bonds is 8. The van der Waals surface area contributed by atoms with E-state index in [1.54, 1.807) is 0 Å². The molecule has 1 aliphatic carbocycles. The monoisotopic (exact) mass is 352 g/mol. The van der Waals surface area contributed by atoms with Gasteiger partial charge in [0.25, 0.3) is 0 Å². The maximum absolute atomic E-state index is 13.7. The maximum atomic E-state index is 13.7. The number of alkyl halides is 1. The van der Waals surface area contributed by atoms with Gasteiger partial charge in [0.1, 0.15) is 6.17 Å². The molecule has 0 bridgehead atoms. The predicted molar refractivity (Wildman–Crippen MR) is 100 cm³/mol. The van der Waals surface area contributed by atoms with Crippen molar-refractivity contribution < 1.29 is 4.39 Å². The molecule has 24 heavy (non-hydrogen) atoms. The van der Waals surface area contributed by atoms with E-state index in [1.807, 2.05) is 11.3 Å². The Balaban J connectivity index is 1.45. The Bertz CT molecular complexity index is 496. The number of nitrogens with zero attached hydrogens (tertiary/aromatic N) is 2. The topological polar surface area (TPSA) is 16.1 Å². The summed E-state index contributed by atoms with van der Waals surface area (Å²) in [6.07, 6.45) is 12.2. The third kappa shape index (κ3) is 5.26. The highest BCUT2D eigenvalue weighted by molar-refractivity contribution is 7.11. The van der Waals surface area contributed by atoms with E-state index in [4.69, 9.17) is 4.98 Å². The molecule has 0 aromatic carbocycles. The molecule has 0 radical (unpaired) electrons. The number of thiazole rings is 1. The van der Waals surface area contributed by atoms with Crippen molar-refractivity contribution in [3.05, 3.63) is 15.6 Å². The van der Waals surface area contributed by atoms with Gasteiger partial charge in [0.05, 0.1) is 10.7 Å². The molecule has 2 nitrogen and oxygen atoms in total. The van der Waals surface area contributed by atoms with Gasteiger partial charge in [-0.2, -0.15) is 0 Å². The SMILES string of the molecule is CCCC(F)CCc1nc2c(s1)CCN(CCC1CCCCC1)C2. The molecule has 1 unspecified atom stereocenters. The third-order valence-corrected chi connectivity index (χ3v) is 6.92. The van der Waals surface area contributed by atoms with Gasteiger partial charge in [-0.15, -0.1) is 11.3 Å². The van der Waals surface area contributed by atoms with Crippen LogP contribution >= 0.6 is 11.3 Å². The normalized spacial score (nSPS) is 20.9. The summed E-state index contributed by atoms with van der Waals surface area (Å²) < 4.78 is 13.7. The predicted octanol–water partition coefficient (Wildman–Crippen LogP) is 5.54. The number of aromatic nitrogens is 1. The summed E-state index contributed by atoms with van der Waals surface area (Å²) in [5.41, 5.74) is 1.29. The zero-order valence-electron chi connectivity index (χ0n) is 15.2. The Morgan fingerprint density at radius 1 is 1.25 bits per heavy atom. The van der Waals surface area contributed by atoms with Crippen molar-refractivity contribution in [2.75, 3.05) is 13.1 Å². The van der Waals surface area contributed by atoms with Crippen LogP contribution in [-0.4, -0.2) is 29.1 Å². The molecular formula is C20H33FN2S. The minimum absolute atomic E-state index is 0.644. The first-order chi connectivity index (χ1) is 11.7. The maximum Gasteiger partial charge on any atom is 0.101 e. The van der Waals surface area contributed by atoms with Crippen molar-refractivity contribution in [3.63, 3.8) is 0 Å². The fourth-order valence-electron chi connectivity index (χ4n) is 4.18. The molecule has 2 heterocycles. The fraction of sp³-hybridized carbons (Fsp3) is 0.850. The Morgan fingerprint density at radius 3 is 2.88 bits per heavy atom. The van der Waals surface area contributed by atoms with Crippen LogP contribution in [0.25, 0.3) is 0 Å². The van der Waals surface area contributed by atoms with Crippen molar-refractivity contribution in [2.24, 2.45) is 5.92 Å². The summed E-state index contributed by atoms with van der Waals surface area (Å²) >= 11 is 1.84. The molecular weight excluding hydrogens is 319 g/mol. The minimum Gasteiger partial charge on any atom is -0.297 e. The van der Waals surface area contributed by atoms with Gasteiger partial charge in [0.15, 0.2) is 0 Å². The second-order valence-corrected chi connectivity index (χ2v) is 8.89. The lowest BCUT2D eigenvalue weighted by atomic mass is 9.87. The van der Waals surface area contributed by atoms with E-state index < -0.39 is 6.17 Å². The molecule has 136 valence electrons. The number of halogens is 1. The van der Waals surface area contributed by atoms with Crippen molar-refractivity contribution in [1.82, 2.24) is 9.88 Å². The largest absolute Gasteiger partial charge is 0.297 e. The van der Waals surface area contributed by atoms with Gasteiger partial charge in [-0.25, -0.2) is 9.37 Å². The lowest BCUT2D eigenvalue weighted by Gasteiger charge is -2.29. The number of hydrogen-bond donors (Lipinski definition) is 0. The summed E-state index contributed by atoms with van der Waals surface area (Å²) in [5, 5.41) is 1.16. The van der Waals surface area contributed by atoms with Crippen LogP contribution in [0.1, 0.15) is 80.3 Å². The van der Waals surface area contributed by atoms with Crippen molar-refractivity contribution in [1.29, 1.82) is 0 Å². The van der Waals surface area contributed by atoms with Gasteiger partial charge < -0.3 is 0 Å². The van der Waals surface area contributed by atoms with Crippen molar-refractivity contribution >= 4 is 11.3 Å². The molecule has 1 aromatic rings. The zero-order valence-corrected chi connectivity index (χ0v) is 16.1. The second-order valence-electron chi connectivity index (χ2n) is 7.72. The minimum atomic E-state index is -0.650. The highest BCUT2D eigenvalue weighted by atomic mass is 32.1. The Kier molecular flexibility index (Phi) is 7.08. The average molecular weight is 353 g/mol. The van der Waals surface area contributed by atoms with E-state index in [2.05, 4.69) is 11.8 Å². The first kappa shape index (κ1) is 18.3. The van der Waals surface area contributed by atoms with Crippen LogP contribution in [-0.2, 0) is 19.4 Å². The molecule has 0 saturated heterocycles. The summed E-state index contributed by atoms with van der Waals surface area (Å²) in [5.74, 6) is 0.964. The van der Waals surface area contributed by atoms with Gasteiger partial charge in [-0.3, -0.25) is 4.90 Å². The molecule has 1 aromatic heterocycles. The van der Waals surface area contributed by atoms with E-state index in [0.29, 0.717) is 12.8 Å².